The lowest BCUT2D eigenvalue weighted by Crippen LogP contribution is -2.40. The Bertz CT molecular complexity index is 1260. The number of ether oxygens (including phenoxy) is 2. The van der Waals surface area contributed by atoms with Gasteiger partial charge in [0.2, 0.25) is 10.0 Å². The standard InChI is InChI=1S/C24H25N3O5S/c1-17-5-7-21(33(29,30)27-10-12-31-13-11-27)15-22(17)24(28)26-19-6-8-23(18(2)14-19)32-20-4-3-9-25-16-20/h3-9,14-16H,10-13H2,1-2H3,(H,26,28). The van der Waals surface area contributed by atoms with Crippen molar-refractivity contribution in [2.75, 3.05) is 31.6 Å². The molecule has 172 valence electrons. The van der Waals surface area contributed by atoms with Crippen LogP contribution in [0.1, 0.15) is 21.5 Å². The highest BCUT2D eigenvalue weighted by Gasteiger charge is 2.27. The van der Waals surface area contributed by atoms with E-state index < -0.39 is 10.0 Å². The van der Waals surface area contributed by atoms with Gasteiger partial charge in [0, 0.05) is 30.5 Å². The number of sulfonamides is 1. The summed E-state index contributed by atoms with van der Waals surface area (Å²) < 4.78 is 38.4. The number of morpholine rings is 1. The van der Waals surface area contributed by atoms with Gasteiger partial charge in [-0.15, -0.1) is 0 Å². The third-order valence-corrected chi connectivity index (χ3v) is 7.25. The maximum absolute atomic E-state index is 13.0. The van der Waals surface area contributed by atoms with Crippen LogP contribution in [0.4, 0.5) is 5.69 Å². The lowest BCUT2D eigenvalue weighted by atomic mass is 10.1. The van der Waals surface area contributed by atoms with Crippen LogP contribution in [-0.2, 0) is 14.8 Å². The third-order valence-electron chi connectivity index (χ3n) is 5.36. The number of rotatable bonds is 6. The molecule has 8 nitrogen and oxygen atoms in total. The molecular formula is C24H25N3O5S. The molecule has 0 bridgehead atoms. The number of carbonyl (C=O) groups is 1. The Balaban J connectivity index is 1.52. The van der Waals surface area contributed by atoms with Gasteiger partial charge >= 0.3 is 0 Å². The van der Waals surface area contributed by atoms with Crippen molar-refractivity contribution in [3.63, 3.8) is 0 Å². The summed E-state index contributed by atoms with van der Waals surface area (Å²) in [5.41, 5.74) is 2.40. The molecule has 1 amide bonds. The molecule has 1 fully saturated rings. The normalized spacial score (nSPS) is 14.6. The first kappa shape index (κ1) is 22.9. The largest absolute Gasteiger partial charge is 0.455 e. The van der Waals surface area contributed by atoms with Crippen LogP contribution in [0.15, 0.2) is 65.8 Å². The Kier molecular flexibility index (Phi) is 6.73. The predicted molar refractivity (Wildman–Crippen MR) is 124 cm³/mol. The zero-order valence-corrected chi connectivity index (χ0v) is 19.3. The fourth-order valence-corrected chi connectivity index (χ4v) is 4.95. The minimum Gasteiger partial charge on any atom is -0.455 e. The van der Waals surface area contributed by atoms with E-state index in [0.717, 1.165) is 5.56 Å². The van der Waals surface area contributed by atoms with Gasteiger partial charge in [-0.3, -0.25) is 9.78 Å². The molecule has 0 unspecified atom stereocenters. The molecule has 0 atom stereocenters. The van der Waals surface area contributed by atoms with Crippen LogP contribution in [0, 0.1) is 13.8 Å². The van der Waals surface area contributed by atoms with Crippen molar-refractivity contribution in [3.8, 4) is 11.5 Å². The molecule has 1 saturated heterocycles. The van der Waals surface area contributed by atoms with Crippen molar-refractivity contribution in [1.29, 1.82) is 0 Å². The van der Waals surface area contributed by atoms with Gasteiger partial charge in [0.1, 0.15) is 11.5 Å². The highest BCUT2D eigenvalue weighted by molar-refractivity contribution is 7.89. The molecule has 0 spiro atoms. The van der Waals surface area contributed by atoms with E-state index in [-0.39, 0.29) is 10.8 Å². The van der Waals surface area contributed by atoms with Crippen LogP contribution in [-0.4, -0.2) is 49.9 Å². The maximum atomic E-state index is 13.0. The fraction of sp³-hybridized carbons (Fsp3) is 0.250. The molecule has 2 heterocycles. The van der Waals surface area contributed by atoms with Crippen molar-refractivity contribution in [2.45, 2.75) is 18.7 Å². The number of pyridine rings is 1. The van der Waals surface area contributed by atoms with E-state index in [4.69, 9.17) is 9.47 Å². The average Bonchev–Trinajstić information content (AvgIpc) is 2.82. The molecule has 3 aromatic rings. The molecule has 0 saturated carbocycles. The number of hydrogen-bond acceptors (Lipinski definition) is 6. The van der Waals surface area contributed by atoms with Crippen molar-refractivity contribution in [1.82, 2.24) is 9.29 Å². The second-order valence-electron chi connectivity index (χ2n) is 7.72. The summed E-state index contributed by atoms with van der Waals surface area (Å²) in [5, 5.41) is 2.85. The number of amides is 1. The Morgan fingerprint density at radius 2 is 1.85 bits per heavy atom. The number of anilines is 1. The molecule has 1 aliphatic rings. The number of hydrogen-bond donors (Lipinski definition) is 1. The lowest BCUT2D eigenvalue weighted by Gasteiger charge is -2.26. The first-order valence-corrected chi connectivity index (χ1v) is 12.0. The van der Waals surface area contributed by atoms with Crippen molar-refractivity contribution >= 4 is 21.6 Å². The number of benzene rings is 2. The van der Waals surface area contributed by atoms with Gasteiger partial charge in [0.05, 0.1) is 24.3 Å². The Labute approximate surface area is 193 Å². The number of nitrogens with one attached hydrogen (secondary N) is 1. The Morgan fingerprint density at radius 1 is 1.06 bits per heavy atom. The van der Waals surface area contributed by atoms with Crippen molar-refractivity contribution < 1.29 is 22.7 Å². The van der Waals surface area contributed by atoms with E-state index in [2.05, 4.69) is 10.3 Å². The summed E-state index contributed by atoms with van der Waals surface area (Å²) in [7, 11) is -3.70. The van der Waals surface area contributed by atoms with Gasteiger partial charge in [-0.25, -0.2) is 8.42 Å². The van der Waals surface area contributed by atoms with Crippen LogP contribution in [0.25, 0.3) is 0 Å². The molecule has 1 N–H and O–H groups in total. The molecule has 4 rings (SSSR count). The van der Waals surface area contributed by atoms with Gasteiger partial charge in [-0.05, 0) is 67.4 Å². The monoisotopic (exact) mass is 467 g/mol. The average molecular weight is 468 g/mol. The quantitative estimate of drug-likeness (QED) is 0.593. The van der Waals surface area contributed by atoms with Gasteiger partial charge < -0.3 is 14.8 Å². The third kappa shape index (κ3) is 5.22. The first-order valence-electron chi connectivity index (χ1n) is 10.5. The number of aromatic nitrogens is 1. The van der Waals surface area contributed by atoms with Crippen molar-refractivity contribution in [3.05, 3.63) is 77.6 Å². The lowest BCUT2D eigenvalue weighted by molar-refractivity contribution is 0.0730. The van der Waals surface area contributed by atoms with E-state index in [0.29, 0.717) is 54.6 Å². The summed E-state index contributed by atoms with van der Waals surface area (Å²) in [6.45, 7) is 4.96. The van der Waals surface area contributed by atoms with E-state index in [1.54, 1.807) is 49.6 Å². The van der Waals surface area contributed by atoms with E-state index >= 15 is 0 Å². The summed E-state index contributed by atoms with van der Waals surface area (Å²) in [5.74, 6) is 0.883. The fourth-order valence-electron chi connectivity index (χ4n) is 3.52. The molecule has 0 aliphatic carbocycles. The predicted octanol–water partition coefficient (Wildman–Crippen LogP) is 3.76. The first-order chi connectivity index (χ1) is 15.8. The van der Waals surface area contributed by atoms with Gasteiger partial charge in [0.15, 0.2) is 0 Å². The number of nitrogens with zero attached hydrogens (tertiary/aromatic N) is 2. The maximum Gasteiger partial charge on any atom is 0.255 e. The van der Waals surface area contributed by atoms with Crippen LogP contribution in [0.3, 0.4) is 0 Å². The van der Waals surface area contributed by atoms with Gasteiger partial charge in [-0.1, -0.05) is 6.07 Å². The van der Waals surface area contributed by atoms with Crippen LogP contribution in [0.5, 0.6) is 11.5 Å². The second-order valence-corrected chi connectivity index (χ2v) is 9.66. The molecule has 1 aromatic heterocycles. The highest BCUT2D eigenvalue weighted by Crippen LogP contribution is 2.27. The Hall–Kier alpha value is -3.27. The smallest absolute Gasteiger partial charge is 0.255 e. The van der Waals surface area contributed by atoms with Gasteiger partial charge in [0.25, 0.3) is 5.91 Å². The zero-order valence-electron chi connectivity index (χ0n) is 18.4. The summed E-state index contributed by atoms with van der Waals surface area (Å²) >= 11 is 0. The second kappa shape index (κ2) is 9.70. The Morgan fingerprint density at radius 3 is 2.55 bits per heavy atom. The van der Waals surface area contributed by atoms with E-state index in [1.165, 1.54) is 16.4 Å². The minimum absolute atomic E-state index is 0.0940. The molecule has 33 heavy (non-hydrogen) atoms. The number of carbonyl (C=O) groups excluding carboxylic acids is 1. The minimum atomic E-state index is -3.70. The zero-order chi connectivity index (χ0) is 23.4. The van der Waals surface area contributed by atoms with E-state index in [9.17, 15) is 13.2 Å². The molecule has 9 heteroatoms. The molecule has 2 aromatic carbocycles. The molecule has 0 radical (unpaired) electrons. The number of aryl methyl sites for hydroxylation is 2. The van der Waals surface area contributed by atoms with Crippen LogP contribution in [0.2, 0.25) is 0 Å². The SMILES string of the molecule is Cc1cc(NC(=O)c2cc(S(=O)(=O)N3CCOCC3)ccc2C)ccc1Oc1cccnc1. The summed E-state index contributed by atoms with van der Waals surface area (Å²) in [6, 6.07) is 13.5. The topological polar surface area (TPSA) is 97.8 Å². The summed E-state index contributed by atoms with van der Waals surface area (Å²) in [4.78, 5) is 17.1. The molecule has 1 aliphatic heterocycles. The summed E-state index contributed by atoms with van der Waals surface area (Å²) in [6.07, 6.45) is 3.29. The van der Waals surface area contributed by atoms with Crippen molar-refractivity contribution in [2.24, 2.45) is 0 Å². The van der Waals surface area contributed by atoms with E-state index in [1.807, 2.05) is 13.0 Å². The molecular weight excluding hydrogens is 442 g/mol. The van der Waals surface area contributed by atoms with Crippen LogP contribution < -0.4 is 10.1 Å². The van der Waals surface area contributed by atoms with Gasteiger partial charge in [-0.2, -0.15) is 4.31 Å². The highest BCUT2D eigenvalue weighted by atomic mass is 32.2. The van der Waals surface area contributed by atoms with Crippen LogP contribution >= 0.6 is 0 Å².